The van der Waals surface area contributed by atoms with Gasteiger partial charge in [0.15, 0.2) is 4.96 Å². The van der Waals surface area contributed by atoms with E-state index in [0.29, 0.717) is 13.2 Å². The van der Waals surface area contributed by atoms with Crippen LogP contribution in [-0.2, 0) is 11.3 Å². The number of carbonyl (C=O) groups is 1. The fraction of sp³-hybridized carbons (Fsp3) is 0.333. The molecule has 1 amide bonds. The van der Waals surface area contributed by atoms with Gasteiger partial charge in [0.05, 0.1) is 17.9 Å². The molecule has 4 rings (SSSR count). The van der Waals surface area contributed by atoms with Crippen LogP contribution in [-0.4, -0.2) is 33.8 Å². The predicted molar refractivity (Wildman–Crippen MR) is 93.7 cm³/mol. The van der Waals surface area contributed by atoms with Crippen LogP contribution in [0.15, 0.2) is 30.5 Å². The van der Waals surface area contributed by atoms with Crippen LogP contribution < -0.4 is 4.74 Å². The highest BCUT2D eigenvalue weighted by Crippen LogP contribution is 2.34. The van der Waals surface area contributed by atoms with Crippen molar-refractivity contribution in [1.82, 2.24) is 14.3 Å². The lowest BCUT2D eigenvalue weighted by molar-refractivity contribution is -0.132. The van der Waals surface area contributed by atoms with Gasteiger partial charge in [-0.15, -0.1) is 11.3 Å². The normalized spacial score (nSPS) is 16.2. The molecule has 0 bridgehead atoms. The van der Waals surface area contributed by atoms with Gasteiger partial charge in [-0.3, -0.25) is 9.20 Å². The molecule has 124 valence electrons. The lowest BCUT2D eigenvalue weighted by Crippen LogP contribution is -2.32. The van der Waals surface area contributed by atoms with E-state index in [2.05, 4.69) is 22.5 Å². The van der Waals surface area contributed by atoms with Gasteiger partial charge in [-0.1, -0.05) is 18.2 Å². The summed E-state index contributed by atoms with van der Waals surface area (Å²) in [5.41, 5.74) is 3.03. The summed E-state index contributed by atoms with van der Waals surface area (Å²) >= 11 is 1.67. The van der Waals surface area contributed by atoms with Gasteiger partial charge in [0.2, 0.25) is 5.91 Å². The number of likely N-dealkylation sites (N-methyl/N-ethyl adjacent to an activating group) is 1. The number of para-hydroxylation sites is 1. The number of aromatic nitrogens is 2. The molecule has 1 aromatic carbocycles. The summed E-state index contributed by atoms with van der Waals surface area (Å²) in [5.74, 6) is 0.681. The fourth-order valence-corrected chi connectivity index (χ4v) is 4.13. The van der Waals surface area contributed by atoms with E-state index >= 15 is 0 Å². The molecule has 0 saturated heterocycles. The van der Waals surface area contributed by atoms with Crippen molar-refractivity contribution in [2.45, 2.75) is 26.3 Å². The van der Waals surface area contributed by atoms with Crippen molar-refractivity contribution < 1.29 is 9.53 Å². The first kappa shape index (κ1) is 15.2. The number of nitrogens with zero attached hydrogens (tertiary/aromatic N) is 3. The van der Waals surface area contributed by atoms with Crippen LogP contribution in [0.3, 0.4) is 0 Å². The maximum atomic E-state index is 12.9. The molecule has 0 spiro atoms. The average Bonchev–Trinajstić information content (AvgIpc) is 3.21. The second-order valence-electron chi connectivity index (χ2n) is 6.23. The highest BCUT2D eigenvalue weighted by molar-refractivity contribution is 7.17. The van der Waals surface area contributed by atoms with Gasteiger partial charge in [0, 0.05) is 23.7 Å². The first-order valence-corrected chi connectivity index (χ1v) is 8.77. The number of imidazole rings is 1. The number of aryl methyl sites for hydroxylation is 2. The second-order valence-corrected chi connectivity index (χ2v) is 7.45. The van der Waals surface area contributed by atoms with E-state index in [4.69, 9.17) is 4.74 Å². The first-order chi connectivity index (χ1) is 11.5. The number of hydrogen-bond acceptors (Lipinski definition) is 4. The molecule has 5 nitrogen and oxygen atoms in total. The Morgan fingerprint density at radius 2 is 2.21 bits per heavy atom. The molecule has 3 heterocycles. The lowest BCUT2D eigenvalue weighted by Gasteiger charge is -2.20. The summed E-state index contributed by atoms with van der Waals surface area (Å²) in [6.45, 7) is 5.03. The molecular formula is C18H19N3O2S. The van der Waals surface area contributed by atoms with Gasteiger partial charge < -0.3 is 9.64 Å². The molecule has 0 aliphatic carbocycles. The molecule has 0 saturated carbocycles. The summed E-state index contributed by atoms with van der Waals surface area (Å²) in [7, 11) is 1.85. The SMILES string of the molecule is Cc1cn2c(CN(C)C(=O)[C@@H]3COc4ccccc43)c(C)nc2s1. The molecule has 0 unspecified atom stereocenters. The summed E-state index contributed by atoms with van der Waals surface area (Å²) in [5, 5.41) is 0. The van der Waals surface area contributed by atoms with Crippen molar-refractivity contribution in [2.24, 2.45) is 0 Å². The maximum absolute atomic E-state index is 12.9. The number of ether oxygens (including phenoxy) is 1. The van der Waals surface area contributed by atoms with Crippen molar-refractivity contribution in [1.29, 1.82) is 0 Å². The van der Waals surface area contributed by atoms with E-state index < -0.39 is 0 Å². The maximum Gasteiger partial charge on any atom is 0.233 e. The van der Waals surface area contributed by atoms with E-state index in [0.717, 1.165) is 27.7 Å². The van der Waals surface area contributed by atoms with Crippen LogP contribution in [0.1, 0.15) is 27.7 Å². The molecule has 0 radical (unpaired) electrons. The minimum absolute atomic E-state index is 0.0845. The Morgan fingerprint density at radius 1 is 1.42 bits per heavy atom. The third-order valence-corrected chi connectivity index (χ3v) is 5.40. The van der Waals surface area contributed by atoms with Crippen molar-refractivity contribution in [3.05, 3.63) is 52.3 Å². The van der Waals surface area contributed by atoms with E-state index in [9.17, 15) is 4.79 Å². The zero-order valence-corrected chi connectivity index (χ0v) is 14.8. The number of amides is 1. The number of thiazole rings is 1. The molecule has 6 heteroatoms. The van der Waals surface area contributed by atoms with Crippen molar-refractivity contribution in [3.63, 3.8) is 0 Å². The number of fused-ring (bicyclic) bond motifs is 2. The fourth-order valence-electron chi connectivity index (χ4n) is 3.24. The summed E-state index contributed by atoms with van der Waals surface area (Å²) < 4.78 is 7.75. The monoisotopic (exact) mass is 341 g/mol. The Balaban J connectivity index is 1.59. The quantitative estimate of drug-likeness (QED) is 0.735. The molecule has 1 aliphatic rings. The molecule has 1 aliphatic heterocycles. The zero-order chi connectivity index (χ0) is 16.8. The molecular weight excluding hydrogens is 322 g/mol. The van der Waals surface area contributed by atoms with Crippen LogP contribution in [0.5, 0.6) is 5.75 Å². The van der Waals surface area contributed by atoms with Crippen LogP contribution in [0.4, 0.5) is 0 Å². The van der Waals surface area contributed by atoms with Crippen molar-refractivity contribution >= 4 is 22.2 Å². The van der Waals surface area contributed by atoms with Crippen LogP contribution in [0, 0.1) is 13.8 Å². The van der Waals surface area contributed by atoms with Gasteiger partial charge in [-0.25, -0.2) is 4.98 Å². The Labute approximate surface area is 144 Å². The van der Waals surface area contributed by atoms with Crippen LogP contribution >= 0.6 is 11.3 Å². The van der Waals surface area contributed by atoms with Gasteiger partial charge >= 0.3 is 0 Å². The number of carbonyl (C=O) groups excluding carboxylic acids is 1. The Morgan fingerprint density at radius 3 is 3.04 bits per heavy atom. The molecule has 3 aromatic rings. The van der Waals surface area contributed by atoms with Gasteiger partial charge in [0.1, 0.15) is 18.3 Å². The molecule has 2 aromatic heterocycles. The number of hydrogen-bond donors (Lipinski definition) is 0. The van der Waals surface area contributed by atoms with E-state index in [-0.39, 0.29) is 11.8 Å². The summed E-state index contributed by atoms with van der Waals surface area (Å²) in [4.78, 5) is 21.5. The first-order valence-electron chi connectivity index (χ1n) is 7.95. The third-order valence-electron chi connectivity index (χ3n) is 4.50. The minimum atomic E-state index is -0.223. The zero-order valence-electron chi connectivity index (χ0n) is 13.9. The molecule has 0 N–H and O–H groups in total. The third kappa shape index (κ3) is 2.38. The van der Waals surface area contributed by atoms with Crippen molar-refractivity contribution in [3.8, 4) is 5.75 Å². The number of benzene rings is 1. The Hall–Kier alpha value is -2.34. The Kier molecular flexibility index (Phi) is 3.57. The largest absolute Gasteiger partial charge is 0.492 e. The average molecular weight is 341 g/mol. The number of rotatable bonds is 3. The summed E-state index contributed by atoms with van der Waals surface area (Å²) in [6, 6.07) is 7.78. The Bertz CT molecular complexity index is 928. The highest BCUT2D eigenvalue weighted by Gasteiger charge is 2.32. The standard InChI is InChI=1S/C18H19N3O2S/c1-11-8-21-15(12(2)19-18(21)24-11)9-20(3)17(22)14-10-23-16-7-5-4-6-13(14)16/h4-8,14H,9-10H2,1-3H3/t14-/m1/s1. The van der Waals surface area contributed by atoms with E-state index in [1.54, 1.807) is 16.2 Å². The molecule has 0 fully saturated rings. The minimum Gasteiger partial charge on any atom is -0.492 e. The molecule has 24 heavy (non-hydrogen) atoms. The summed E-state index contributed by atoms with van der Waals surface area (Å²) in [6.07, 6.45) is 2.08. The topological polar surface area (TPSA) is 46.8 Å². The van der Waals surface area contributed by atoms with Gasteiger partial charge in [-0.05, 0) is 19.9 Å². The van der Waals surface area contributed by atoms with Gasteiger partial charge in [0.25, 0.3) is 0 Å². The van der Waals surface area contributed by atoms with Crippen molar-refractivity contribution in [2.75, 3.05) is 13.7 Å². The van der Waals surface area contributed by atoms with Crippen LogP contribution in [0.2, 0.25) is 0 Å². The van der Waals surface area contributed by atoms with Gasteiger partial charge in [-0.2, -0.15) is 0 Å². The van der Waals surface area contributed by atoms with E-state index in [1.807, 2.05) is 38.2 Å². The smallest absolute Gasteiger partial charge is 0.233 e. The van der Waals surface area contributed by atoms with Crippen LogP contribution in [0.25, 0.3) is 4.96 Å². The lowest BCUT2D eigenvalue weighted by atomic mass is 10.00. The predicted octanol–water partition coefficient (Wildman–Crippen LogP) is 3.15. The van der Waals surface area contributed by atoms with E-state index in [1.165, 1.54) is 4.88 Å². The highest BCUT2D eigenvalue weighted by atomic mass is 32.1. The second kappa shape index (κ2) is 5.63. The molecule has 1 atom stereocenters.